The van der Waals surface area contributed by atoms with E-state index in [0.717, 1.165) is 11.3 Å². The summed E-state index contributed by atoms with van der Waals surface area (Å²) in [7, 11) is 0. The Kier molecular flexibility index (Phi) is 2.71. The quantitative estimate of drug-likeness (QED) is 0.785. The first kappa shape index (κ1) is 11.7. The van der Waals surface area contributed by atoms with Gasteiger partial charge in [0.25, 0.3) is 5.91 Å². The smallest absolute Gasteiger partial charge is 0.263 e. The number of fused-ring (bicyclic) bond motifs is 2. The lowest BCUT2D eigenvalue weighted by molar-refractivity contribution is 0.0988. The van der Waals surface area contributed by atoms with Crippen LogP contribution >= 0.6 is 0 Å². The molecular formula is C15H14N2O2. The molecule has 0 radical (unpaired) electrons. The Hall–Kier alpha value is -2.36. The molecule has 1 amide bonds. The summed E-state index contributed by atoms with van der Waals surface area (Å²) in [5.74, 6) is 0.969. The molecule has 0 fully saturated rings. The summed E-state index contributed by atoms with van der Waals surface area (Å²) >= 11 is 0. The third-order valence-electron chi connectivity index (χ3n) is 3.18. The standard InChI is InChI=1S/C15H14N2O2/c1-3-17-12-7-6-10(2)9-13(12)19-14-11(15(17)18)5-4-8-16-14/h4-9H,3H2,1-2H3. The van der Waals surface area contributed by atoms with Crippen LogP contribution in [-0.2, 0) is 0 Å². The minimum atomic E-state index is -0.0757. The lowest BCUT2D eigenvalue weighted by Gasteiger charge is -2.20. The Labute approximate surface area is 111 Å². The van der Waals surface area contributed by atoms with Crippen LogP contribution in [0.3, 0.4) is 0 Å². The van der Waals surface area contributed by atoms with Gasteiger partial charge in [-0.1, -0.05) is 6.07 Å². The van der Waals surface area contributed by atoms with E-state index in [1.807, 2.05) is 32.0 Å². The normalized spacial score (nSPS) is 13.4. The van der Waals surface area contributed by atoms with Crippen molar-refractivity contribution in [3.63, 3.8) is 0 Å². The van der Waals surface area contributed by atoms with Gasteiger partial charge in [-0.05, 0) is 43.7 Å². The number of hydrogen-bond donors (Lipinski definition) is 0. The number of nitrogens with zero attached hydrogens (tertiary/aromatic N) is 2. The molecular weight excluding hydrogens is 240 g/mol. The summed E-state index contributed by atoms with van der Waals surface area (Å²) in [5.41, 5.74) is 2.37. The minimum absolute atomic E-state index is 0.0757. The first-order valence-corrected chi connectivity index (χ1v) is 6.26. The molecule has 0 bridgehead atoms. The molecule has 2 heterocycles. The lowest BCUT2D eigenvalue weighted by atomic mass is 10.2. The number of aryl methyl sites for hydroxylation is 1. The first-order chi connectivity index (χ1) is 9.20. The number of amides is 1. The maximum atomic E-state index is 12.5. The summed E-state index contributed by atoms with van der Waals surface area (Å²) < 4.78 is 5.81. The van der Waals surface area contributed by atoms with Crippen molar-refractivity contribution >= 4 is 11.6 Å². The zero-order valence-corrected chi connectivity index (χ0v) is 10.9. The van der Waals surface area contributed by atoms with Gasteiger partial charge in [-0.25, -0.2) is 4.98 Å². The van der Waals surface area contributed by atoms with Gasteiger partial charge < -0.3 is 9.64 Å². The van der Waals surface area contributed by atoms with Crippen LogP contribution in [0.4, 0.5) is 5.69 Å². The zero-order chi connectivity index (χ0) is 13.4. The lowest BCUT2D eigenvalue weighted by Crippen LogP contribution is -2.29. The van der Waals surface area contributed by atoms with Crippen molar-refractivity contribution < 1.29 is 9.53 Å². The Morgan fingerprint density at radius 3 is 2.95 bits per heavy atom. The molecule has 1 aromatic carbocycles. The molecule has 0 N–H and O–H groups in total. The minimum Gasteiger partial charge on any atom is -0.436 e. The largest absolute Gasteiger partial charge is 0.436 e. The molecule has 0 saturated carbocycles. The van der Waals surface area contributed by atoms with Crippen molar-refractivity contribution in [2.45, 2.75) is 13.8 Å². The molecule has 4 nitrogen and oxygen atoms in total. The Morgan fingerprint density at radius 1 is 1.32 bits per heavy atom. The molecule has 0 saturated heterocycles. The van der Waals surface area contributed by atoms with Crippen LogP contribution in [0.1, 0.15) is 22.8 Å². The first-order valence-electron chi connectivity index (χ1n) is 6.26. The van der Waals surface area contributed by atoms with Crippen LogP contribution in [0.15, 0.2) is 36.5 Å². The number of rotatable bonds is 1. The molecule has 19 heavy (non-hydrogen) atoms. The molecule has 1 aliphatic rings. The number of carbonyl (C=O) groups is 1. The fourth-order valence-electron chi connectivity index (χ4n) is 2.23. The highest BCUT2D eigenvalue weighted by molar-refractivity contribution is 6.09. The third kappa shape index (κ3) is 1.85. The maximum Gasteiger partial charge on any atom is 0.263 e. The third-order valence-corrected chi connectivity index (χ3v) is 3.18. The second-order valence-corrected chi connectivity index (χ2v) is 4.48. The van der Waals surface area contributed by atoms with Crippen molar-refractivity contribution in [3.05, 3.63) is 47.7 Å². The van der Waals surface area contributed by atoms with E-state index in [1.165, 1.54) is 0 Å². The van der Waals surface area contributed by atoms with Gasteiger partial charge in [-0.2, -0.15) is 0 Å². The van der Waals surface area contributed by atoms with Gasteiger partial charge >= 0.3 is 0 Å². The molecule has 0 unspecified atom stereocenters. The van der Waals surface area contributed by atoms with Gasteiger partial charge in [0.2, 0.25) is 5.88 Å². The highest BCUT2D eigenvalue weighted by Gasteiger charge is 2.27. The predicted molar refractivity (Wildman–Crippen MR) is 72.8 cm³/mol. The van der Waals surface area contributed by atoms with Gasteiger partial charge in [-0.15, -0.1) is 0 Å². The summed E-state index contributed by atoms with van der Waals surface area (Å²) in [5, 5.41) is 0. The van der Waals surface area contributed by atoms with Crippen LogP contribution in [0.5, 0.6) is 11.6 Å². The SMILES string of the molecule is CCN1C(=O)c2cccnc2Oc2cc(C)ccc21. The number of aromatic nitrogens is 1. The van der Waals surface area contributed by atoms with E-state index in [4.69, 9.17) is 4.74 Å². The van der Waals surface area contributed by atoms with Crippen molar-refractivity contribution in [2.24, 2.45) is 0 Å². The van der Waals surface area contributed by atoms with E-state index in [2.05, 4.69) is 4.98 Å². The second kappa shape index (κ2) is 4.39. The van der Waals surface area contributed by atoms with Gasteiger partial charge in [0.05, 0.1) is 5.69 Å². The van der Waals surface area contributed by atoms with Crippen molar-refractivity contribution in [1.29, 1.82) is 0 Å². The average molecular weight is 254 g/mol. The Balaban J connectivity index is 2.24. The van der Waals surface area contributed by atoms with Crippen molar-refractivity contribution in [3.8, 4) is 11.6 Å². The van der Waals surface area contributed by atoms with Gasteiger partial charge in [-0.3, -0.25) is 4.79 Å². The van der Waals surface area contributed by atoms with Crippen LogP contribution in [-0.4, -0.2) is 17.4 Å². The number of benzene rings is 1. The molecule has 96 valence electrons. The van der Waals surface area contributed by atoms with Crippen LogP contribution in [0, 0.1) is 6.92 Å². The highest BCUT2D eigenvalue weighted by Crippen LogP contribution is 2.38. The Bertz CT molecular complexity index is 652. The van der Waals surface area contributed by atoms with Crippen LogP contribution in [0.2, 0.25) is 0 Å². The van der Waals surface area contributed by atoms with E-state index in [-0.39, 0.29) is 5.91 Å². The Morgan fingerprint density at radius 2 is 2.16 bits per heavy atom. The molecule has 0 aliphatic carbocycles. The van der Waals surface area contributed by atoms with Crippen molar-refractivity contribution in [2.75, 3.05) is 11.4 Å². The number of hydrogen-bond acceptors (Lipinski definition) is 3. The molecule has 2 aromatic rings. The fraction of sp³-hybridized carbons (Fsp3) is 0.200. The molecule has 1 aromatic heterocycles. The average Bonchev–Trinajstić information content (AvgIpc) is 2.53. The molecule has 4 heteroatoms. The monoisotopic (exact) mass is 254 g/mol. The van der Waals surface area contributed by atoms with E-state index >= 15 is 0 Å². The summed E-state index contributed by atoms with van der Waals surface area (Å²) in [6, 6.07) is 9.30. The summed E-state index contributed by atoms with van der Waals surface area (Å²) in [6.45, 7) is 4.53. The zero-order valence-electron chi connectivity index (χ0n) is 10.9. The highest BCUT2D eigenvalue weighted by atomic mass is 16.5. The van der Waals surface area contributed by atoms with Crippen molar-refractivity contribution in [1.82, 2.24) is 4.98 Å². The molecule has 1 aliphatic heterocycles. The molecule has 0 spiro atoms. The topological polar surface area (TPSA) is 42.4 Å². The van der Waals surface area contributed by atoms with Gasteiger partial charge in [0.15, 0.2) is 5.75 Å². The van der Waals surface area contributed by atoms with Crippen LogP contribution in [0.25, 0.3) is 0 Å². The van der Waals surface area contributed by atoms with E-state index in [0.29, 0.717) is 23.7 Å². The second-order valence-electron chi connectivity index (χ2n) is 4.48. The maximum absolute atomic E-state index is 12.5. The van der Waals surface area contributed by atoms with E-state index in [1.54, 1.807) is 23.2 Å². The van der Waals surface area contributed by atoms with E-state index in [9.17, 15) is 4.79 Å². The number of pyridine rings is 1. The summed E-state index contributed by atoms with van der Waals surface area (Å²) in [4.78, 5) is 18.4. The fourth-order valence-corrected chi connectivity index (χ4v) is 2.23. The number of ether oxygens (including phenoxy) is 1. The van der Waals surface area contributed by atoms with Crippen LogP contribution < -0.4 is 9.64 Å². The van der Waals surface area contributed by atoms with Gasteiger partial charge in [0, 0.05) is 12.7 Å². The molecule has 3 rings (SSSR count). The number of carbonyl (C=O) groups excluding carboxylic acids is 1. The summed E-state index contributed by atoms with van der Waals surface area (Å²) in [6.07, 6.45) is 1.63. The predicted octanol–water partition coefficient (Wildman–Crippen LogP) is 3.16. The molecule has 0 atom stereocenters. The van der Waals surface area contributed by atoms with Gasteiger partial charge in [0.1, 0.15) is 5.56 Å². The van der Waals surface area contributed by atoms with E-state index < -0.39 is 0 Å². The number of anilines is 1.